The Balaban J connectivity index is 0.00000289. The van der Waals surface area contributed by atoms with Gasteiger partial charge in [0.15, 0.2) is 0 Å². The van der Waals surface area contributed by atoms with E-state index in [-0.39, 0.29) is 23.2 Å². The summed E-state index contributed by atoms with van der Waals surface area (Å²) in [5.74, 6) is 0. The molecule has 6 heteroatoms. The lowest BCUT2D eigenvalue weighted by molar-refractivity contribution is -0.687. The molecule has 0 saturated heterocycles. The molecule has 5 nitrogen and oxygen atoms in total. The average molecular weight is 490 g/mol. The Morgan fingerprint density at radius 1 is 0.771 bits per heavy atom. The van der Waals surface area contributed by atoms with Gasteiger partial charge < -0.3 is 12.4 Å². The number of fused-ring (bicyclic) bond motifs is 8. The first-order valence-electron chi connectivity index (χ1n) is 12.2. The molecule has 8 bridgehead atoms. The Kier molecular flexibility index (Phi) is 6.67. The van der Waals surface area contributed by atoms with Crippen LogP contribution in [0.5, 0.6) is 0 Å². The number of halogens is 1. The highest BCUT2D eigenvalue weighted by Gasteiger charge is 2.19. The quantitative estimate of drug-likeness (QED) is 0.312. The third kappa shape index (κ3) is 5.84. The van der Waals surface area contributed by atoms with Gasteiger partial charge in [-0.2, -0.15) is 0 Å². The number of imidazole rings is 1. The number of benzene rings is 2. The second-order valence-corrected chi connectivity index (χ2v) is 11.9. The Bertz CT molecular complexity index is 1150. The summed E-state index contributed by atoms with van der Waals surface area (Å²) in [6.45, 7) is 16.1. The van der Waals surface area contributed by atoms with Crippen LogP contribution in [-0.4, -0.2) is 19.6 Å². The number of aromatic nitrogens is 5. The number of hydrogen-bond acceptors (Lipinski definition) is 2. The molecular formula is C29H36ClN5. The van der Waals surface area contributed by atoms with Crippen molar-refractivity contribution >= 4 is 0 Å². The van der Waals surface area contributed by atoms with Gasteiger partial charge in [0.25, 0.3) is 0 Å². The second-order valence-electron chi connectivity index (χ2n) is 11.9. The van der Waals surface area contributed by atoms with Crippen LogP contribution in [0.4, 0.5) is 0 Å². The SMILES string of the molecule is CC(C)(C)c1cc2cc(c1)Cn1cc[n+](c1)Cc1cc(cc(C(C)(C)C)c1)Cn1cc(nn1)C2.[Cl-]. The predicted molar refractivity (Wildman–Crippen MR) is 135 cm³/mol. The van der Waals surface area contributed by atoms with E-state index >= 15 is 0 Å². The van der Waals surface area contributed by atoms with Gasteiger partial charge >= 0.3 is 0 Å². The van der Waals surface area contributed by atoms with Crippen molar-refractivity contribution < 1.29 is 17.0 Å². The molecule has 0 radical (unpaired) electrons. The smallest absolute Gasteiger partial charge is 0.244 e. The Morgan fingerprint density at radius 2 is 1.37 bits per heavy atom. The maximum Gasteiger partial charge on any atom is 0.244 e. The maximum atomic E-state index is 4.52. The van der Waals surface area contributed by atoms with Gasteiger partial charge in [-0.15, -0.1) is 5.10 Å². The van der Waals surface area contributed by atoms with E-state index in [1.54, 1.807) is 0 Å². The van der Waals surface area contributed by atoms with Crippen molar-refractivity contribution in [3.63, 3.8) is 0 Å². The molecule has 2 aromatic heterocycles. The van der Waals surface area contributed by atoms with Crippen LogP contribution in [0, 0.1) is 0 Å². The molecule has 0 unspecified atom stereocenters. The lowest BCUT2D eigenvalue weighted by Gasteiger charge is -2.21. The minimum absolute atomic E-state index is 0. The van der Waals surface area contributed by atoms with Gasteiger partial charge in [0, 0.05) is 12.6 Å². The van der Waals surface area contributed by atoms with Gasteiger partial charge in [-0.3, -0.25) is 0 Å². The number of rotatable bonds is 0. The first kappa shape index (κ1) is 25.2. The zero-order valence-corrected chi connectivity index (χ0v) is 22.5. The summed E-state index contributed by atoms with van der Waals surface area (Å²) in [7, 11) is 0. The molecule has 5 rings (SSSR count). The van der Waals surface area contributed by atoms with Crippen molar-refractivity contribution in [2.24, 2.45) is 0 Å². The molecule has 3 heterocycles. The number of hydrogen-bond donors (Lipinski definition) is 0. The lowest BCUT2D eigenvalue weighted by Crippen LogP contribution is -3.00. The Hall–Kier alpha value is -2.92. The molecule has 184 valence electrons. The monoisotopic (exact) mass is 489 g/mol. The van der Waals surface area contributed by atoms with Gasteiger partial charge in [0.2, 0.25) is 6.33 Å². The summed E-state index contributed by atoms with van der Waals surface area (Å²) >= 11 is 0. The fraction of sp³-hybridized carbons (Fsp3) is 0.414. The van der Waals surface area contributed by atoms with Crippen molar-refractivity contribution in [2.45, 2.75) is 78.4 Å². The van der Waals surface area contributed by atoms with Crippen LogP contribution < -0.4 is 17.0 Å². The van der Waals surface area contributed by atoms with Gasteiger partial charge in [-0.1, -0.05) is 77.1 Å². The van der Waals surface area contributed by atoms with Crippen LogP contribution >= 0.6 is 0 Å². The van der Waals surface area contributed by atoms with Gasteiger partial charge in [0.1, 0.15) is 25.5 Å². The Morgan fingerprint density at radius 3 is 2.06 bits per heavy atom. The molecule has 1 aliphatic heterocycles. The largest absolute Gasteiger partial charge is 1.00 e. The maximum absolute atomic E-state index is 4.52. The molecule has 0 spiro atoms. The van der Waals surface area contributed by atoms with Gasteiger partial charge in [-0.05, 0) is 50.3 Å². The number of nitrogens with zero attached hydrogens (tertiary/aromatic N) is 5. The van der Waals surface area contributed by atoms with E-state index in [9.17, 15) is 0 Å². The third-order valence-electron chi connectivity index (χ3n) is 6.63. The summed E-state index contributed by atoms with van der Waals surface area (Å²) in [5.41, 5.74) is 9.09. The van der Waals surface area contributed by atoms with E-state index in [0.717, 1.165) is 31.7 Å². The normalized spacial score (nSPS) is 13.9. The van der Waals surface area contributed by atoms with Crippen LogP contribution in [0.3, 0.4) is 0 Å². The zero-order chi connectivity index (χ0) is 24.1. The van der Waals surface area contributed by atoms with Crippen molar-refractivity contribution in [3.05, 3.63) is 100 Å². The minimum Gasteiger partial charge on any atom is -1.00 e. The summed E-state index contributed by atoms with van der Waals surface area (Å²) < 4.78 is 6.53. The first-order chi connectivity index (χ1) is 16.0. The van der Waals surface area contributed by atoms with Crippen molar-refractivity contribution in [1.82, 2.24) is 19.6 Å². The van der Waals surface area contributed by atoms with Crippen LogP contribution in [0.15, 0.2) is 61.3 Å². The van der Waals surface area contributed by atoms with E-state index < -0.39 is 0 Å². The average Bonchev–Trinajstić information content (AvgIpc) is 3.35. The molecule has 0 N–H and O–H groups in total. The highest BCUT2D eigenvalue weighted by molar-refractivity contribution is 5.36. The third-order valence-corrected chi connectivity index (χ3v) is 6.63. The van der Waals surface area contributed by atoms with Crippen LogP contribution in [0.1, 0.15) is 80.6 Å². The molecule has 1 aliphatic rings. The van der Waals surface area contributed by atoms with E-state index in [0.29, 0.717) is 0 Å². The van der Waals surface area contributed by atoms with Gasteiger partial charge in [0.05, 0.1) is 12.2 Å². The lowest BCUT2D eigenvalue weighted by atomic mass is 9.84. The fourth-order valence-corrected chi connectivity index (χ4v) is 4.71. The molecule has 0 aliphatic carbocycles. The molecule has 0 fully saturated rings. The second kappa shape index (κ2) is 9.27. The fourth-order valence-electron chi connectivity index (χ4n) is 4.71. The summed E-state index contributed by atoms with van der Waals surface area (Å²) in [4.78, 5) is 0. The molecule has 0 atom stereocenters. The molecular weight excluding hydrogens is 454 g/mol. The van der Waals surface area contributed by atoms with E-state index in [1.807, 2.05) is 4.68 Å². The van der Waals surface area contributed by atoms with E-state index in [4.69, 9.17) is 0 Å². The van der Waals surface area contributed by atoms with Crippen LogP contribution in [-0.2, 0) is 36.9 Å². The molecule has 35 heavy (non-hydrogen) atoms. The molecule has 0 amide bonds. The Labute approximate surface area is 215 Å². The minimum atomic E-state index is 0. The first-order valence-corrected chi connectivity index (χ1v) is 12.2. The highest BCUT2D eigenvalue weighted by atomic mass is 35.5. The standard InChI is InChI=1S/C29H36N5.ClH/c1-28(2,3)25-11-21-9-22(12-25)16-32-7-8-33(20-32)17-23-10-24(14-26(13-23)29(4,5)6)18-34-19-27(15-21)30-31-34;/h7-14,19-20H,15-18H2,1-6H3;1H/q+1;/p-1. The molecule has 2 aromatic carbocycles. The van der Waals surface area contributed by atoms with Crippen molar-refractivity contribution in [3.8, 4) is 0 Å². The van der Waals surface area contributed by atoms with E-state index in [2.05, 4.69) is 122 Å². The topological polar surface area (TPSA) is 39.5 Å². The van der Waals surface area contributed by atoms with Gasteiger partial charge in [-0.25, -0.2) is 13.8 Å². The predicted octanol–water partition coefficient (Wildman–Crippen LogP) is 2.02. The van der Waals surface area contributed by atoms with Crippen LogP contribution in [0.2, 0.25) is 0 Å². The summed E-state index contributed by atoms with van der Waals surface area (Å²) in [6.07, 6.45) is 9.47. The molecule has 0 saturated carbocycles. The summed E-state index contributed by atoms with van der Waals surface area (Å²) in [6, 6.07) is 14.0. The summed E-state index contributed by atoms with van der Waals surface area (Å²) in [5, 5.41) is 8.99. The van der Waals surface area contributed by atoms with Crippen LogP contribution in [0.25, 0.3) is 0 Å². The van der Waals surface area contributed by atoms with E-state index in [1.165, 1.54) is 33.4 Å². The van der Waals surface area contributed by atoms with Crippen molar-refractivity contribution in [1.29, 1.82) is 0 Å². The highest BCUT2D eigenvalue weighted by Crippen LogP contribution is 2.27. The molecule has 4 aromatic rings. The zero-order valence-electron chi connectivity index (χ0n) is 21.7. The van der Waals surface area contributed by atoms with Crippen molar-refractivity contribution in [2.75, 3.05) is 0 Å².